The molecule has 50 heavy (non-hydrogen) atoms. The van der Waals surface area contributed by atoms with Crippen molar-refractivity contribution < 1.29 is 8.83 Å². The fourth-order valence-electron chi connectivity index (χ4n) is 7.71. The number of thiophene rings is 1. The zero-order valence-corrected chi connectivity index (χ0v) is 27.6. The highest BCUT2D eigenvalue weighted by Crippen LogP contribution is 2.46. The van der Waals surface area contributed by atoms with Crippen LogP contribution in [0.4, 0.5) is 17.1 Å². The molecule has 0 fully saturated rings. The van der Waals surface area contributed by atoms with Crippen LogP contribution in [0.25, 0.3) is 85.9 Å². The molecule has 0 atom stereocenters. The van der Waals surface area contributed by atoms with Gasteiger partial charge >= 0.3 is 0 Å². The summed E-state index contributed by atoms with van der Waals surface area (Å²) < 4.78 is 15.6. The van der Waals surface area contributed by atoms with Gasteiger partial charge < -0.3 is 13.7 Å². The number of para-hydroxylation sites is 1. The summed E-state index contributed by atoms with van der Waals surface area (Å²) in [6.45, 7) is 0. The van der Waals surface area contributed by atoms with Gasteiger partial charge in [0.15, 0.2) is 0 Å². The van der Waals surface area contributed by atoms with Crippen molar-refractivity contribution >= 4 is 103 Å². The third kappa shape index (κ3) is 4.09. The summed E-state index contributed by atoms with van der Waals surface area (Å²) in [5, 5.41) is 9.31. The maximum atomic E-state index is 6.63. The average Bonchev–Trinajstić information content (AvgIpc) is 3.86. The van der Waals surface area contributed by atoms with E-state index in [1.165, 1.54) is 31.3 Å². The zero-order chi connectivity index (χ0) is 32.8. The molecule has 0 spiro atoms. The first kappa shape index (κ1) is 27.6. The SMILES string of the molecule is c1ccc2c(c1)ccc1c2oc2cccc(N(c3ccc(-c4ccc5c(c4)sc4ccccc45)cc3)c3ccc4c(c3)oc3ccccc34)c21. The number of hydrogen-bond acceptors (Lipinski definition) is 4. The molecule has 0 amide bonds. The molecule has 0 unspecified atom stereocenters. The molecule has 3 nitrogen and oxygen atoms in total. The van der Waals surface area contributed by atoms with Crippen molar-refractivity contribution in [2.75, 3.05) is 4.90 Å². The van der Waals surface area contributed by atoms with E-state index in [1.54, 1.807) is 0 Å². The maximum Gasteiger partial charge on any atom is 0.143 e. The van der Waals surface area contributed by atoms with E-state index in [1.807, 2.05) is 23.5 Å². The Labute approximate surface area is 290 Å². The van der Waals surface area contributed by atoms with Crippen LogP contribution in [-0.4, -0.2) is 0 Å². The first-order valence-corrected chi connectivity index (χ1v) is 17.6. The summed E-state index contributed by atoms with van der Waals surface area (Å²) in [5.41, 5.74) is 9.01. The highest BCUT2D eigenvalue weighted by Gasteiger charge is 2.21. The van der Waals surface area contributed by atoms with Crippen molar-refractivity contribution in [3.63, 3.8) is 0 Å². The molecule has 8 aromatic carbocycles. The third-order valence-electron chi connectivity index (χ3n) is 10.1. The number of nitrogens with zero attached hydrogens (tertiary/aromatic N) is 1. The van der Waals surface area contributed by atoms with Gasteiger partial charge in [-0.25, -0.2) is 0 Å². The summed E-state index contributed by atoms with van der Waals surface area (Å²) in [4.78, 5) is 2.33. The van der Waals surface area contributed by atoms with Crippen molar-refractivity contribution in [2.24, 2.45) is 0 Å². The van der Waals surface area contributed by atoms with Crippen molar-refractivity contribution in [3.8, 4) is 11.1 Å². The van der Waals surface area contributed by atoms with Crippen molar-refractivity contribution in [1.82, 2.24) is 0 Å². The normalized spacial score (nSPS) is 12.0. The Hall–Kier alpha value is -6.36. The van der Waals surface area contributed by atoms with Crippen LogP contribution in [0.5, 0.6) is 0 Å². The number of rotatable bonds is 4. The van der Waals surface area contributed by atoms with Gasteiger partial charge in [0, 0.05) is 59.2 Å². The van der Waals surface area contributed by atoms with Gasteiger partial charge in [0.05, 0.1) is 11.1 Å². The summed E-state index contributed by atoms with van der Waals surface area (Å²) in [5.74, 6) is 0. The van der Waals surface area contributed by atoms with Crippen molar-refractivity contribution in [1.29, 1.82) is 0 Å². The molecule has 0 aliphatic carbocycles. The lowest BCUT2D eigenvalue weighted by molar-refractivity contribution is 0.669. The molecule has 0 bridgehead atoms. The first-order valence-electron chi connectivity index (χ1n) is 16.8. The van der Waals surface area contributed by atoms with E-state index in [0.717, 1.165) is 71.7 Å². The molecule has 11 aromatic rings. The Morgan fingerprint density at radius 2 is 1.08 bits per heavy atom. The molecule has 3 aromatic heterocycles. The second-order valence-electron chi connectivity index (χ2n) is 12.9. The highest BCUT2D eigenvalue weighted by atomic mass is 32.1. The smallest absolute Gasteiger partial charge is 0.143 e. The van der Waals surface area contributed by atoms with Gasteiger partial charge in [-0.05, 0) is 77.2 Å². The molecule has 0 radical (unpaired) electrons. The topological polar surface area (TPSA) is 29.5 Å². The summed E-state index contributed by atoms with van der Waals surface area (Å²) >= 11 is 1.85. The zero-order valence-electron chi connectivity index (χ0n) is 26.8. The molecule has 234 valence electrons. The van der Waals surface area contributed by atoms with E-state index >= 15 is 0 Å². The van der Waals surface area contributed by atoms with Crippen LogP contribution in [0.2, 0.25) is 0 Å². The minimum Gasteiger partial charge on any atom is -0.456 e. The Morgan fingerprint density at radius 1 is 0.400 bits per heavy atom. The summed E-state index contributed by atoms with van der Waals surface area (Å²) in [6, 6.07) is 58.3. The largest absolute Gasteiger partial charge is 0.456 e. The van der Waals surface area contributed by atoms with Gasteiger partial charge in [-0.15, -0.1) is 11.3 Å². The fourth-order valence-corrected chi connectivity index (χ4v) is 8.86. The second-order valence-corrected chi connectivity index (χ2v) is 14.0. The van der Waals surface area contributed by atoms with Gasteiger partial charge in [0.1, 0.15) is 22.3 Å². The Bertz CT molecular complexity index is 3110. The quantitative estimate of drug-likeness (QED) is 0.189. The highest BCUT2D eigenvalue weighted by molar-refractivity contribution is 7.25. The molecule has 3 heterocycles. The van der Waals surface area contributed by atoms with Crippen LogP contribution in [-0.2, 0) is 0 Å². The first-order chi connectivity index (χ1) is 24.8. The van der Waals surface area contributed by atoms with Crippen LogP contribution in [0.3, 0.4) is 0 Å². The molecular weight excluding hydrogens is 631 g/mol. The minimum atomic E-state index is 0.858. The maximum absolute atomic E-state index is 6.63. The lowest BCUT2D eigenvalue weighted by atomic mass is 10.0. The van der Waals surface area contributed by atoms with Gasteiger partial charge in [-0.2, -0.15) is 0 Å². The third-order valence-corrected chi connectivity index (χ3v) is 11.2. The monoisotopic (exact) mass is 657 g/mol. The Morgan fingerprint density at radius 3 is 2.00 bits per heavy atom. The van der Waals surface area contributed by atoms with E-state index in [4.69, 9.17) is 8.83 Å². The summed E-state index contributed by atoms with van der Waals surface area (Å²) in [6.07, 6.45) is 0. The molecule has 0 aliphatic rings. The molecule has 0 N–H and O–H groups in total. The molecule has 0 aliphatic heterocycles. The van der Waals surface area contributed by atoms with E-state index in [0.29, 0.717) is 0 Å². The molecule has 4 heteroatoms. The Balaban J connectivity index is 1.11. The number of hydrogen-bond donors (Lipinski definition) is 0. The molecule has 0 saturated carbocycles. The van der Waals surface area contributed by atoms with Crippen LogP contribution in [0, 0.1) is 0 Å². The molecular formula is C46H27NO2S. The number of fused-ring (bicyclic) bond motifs is 11. The van der Waals surface area contributed by atoms with Crippen molar-refractivity contribution in [2.45, 2.75) is 0 Å². The summed E-state index contributed by atoms with van der Waals surface area (Å²) in [7, 11) is 0. The van der Waals surface area contributed by atoms with Crippen molar-refractivity contribution in [3.05, 3.63) is 164 Å². The number of furan rings is 2. The minimum absolute atomic E-state index is 0.858. The number of benzene rings is 8. The van der Waals surface area contributed by atoms with Crippen LogP contribution in [0.1, 0.15) is 0 Å². The van der Waals surface area contributed by atoms with E-state index in [2.05, 4.69) is 157 Å². The van der Waals surface area contributed by atoms with Gasteiger partial charge in [-0.1, -0.05) is 97.1 Å². The lowest BCUT2D eigenvalue weighted by Gasteiger charge is -2.26. The van der Waals surface area contributed by atoms with Gasteiger partial charge in [0.25, 0.3) is 0 Å². The predicted octanol–water partition coefficient (Wildman–Crippen LogP) is 14.1. The van der Waals surface area contributed by atoms with Crippen LogP contribution >= 0.6 is 11.3 Å². The van der Waals surface area contributed by atoms with Gasteiger partial charge in [-0.3, -0.25) is 0 Å². The lowest BCUT2D eigenvalue weighted by Crippen LogP contribution is -2.10. The fraction of sp³-hybridized carbons (Fsp3) is 0. The Kier molecular flexibility index (Phi) is 5.83. The van der Waals surface area contributed by atoms with E-state index in [9.17, 15) is 0 Å². The van der Waals surface area contributed by atoms with Gasteiger partial charge in [0.2, 0.25) is 0 Å². The van der Waals surface area contributed by atoms with E-state index in [-0.39, 0.29) is 0 Å². The van der Waals surface area contributed by atoms with Crippen LogP contribution in [0.15, 0.2) is 173 Å². The van der Waals surface area contributed by atoms with Crippen LogP contribution < -0.4 is 4.90 Å². The standard InChI is InChI=1S/C46H27NO2S/c1-2-9-33-29(8-1)18-24-38-45-39(12-7-14-41(45)49-46(33)38)47(32-22-25-35-34-10-3-5-13-40(34)48-42(35)27-32)31-20-16-28(17-21-31)30-19-23-37-36-11-4-6-15-43(36)50-44(37)26-30/h1-27H. The predicted molar refractivity (Wildman–Crippen MR) is 212 cm³/mol. The molecule has 0 saturated heterocycles. The average molecular weight is 658 g/mol. The van der Waals surface area contributed by atoms with E-state index < -0.39 is 0 Å². The number of anilines is 3. The molecule has 11 rings (SSSR count). The second kappa shape index (κ2) is 10.6.